The number of carbonyl (C=O) groups is 2. The number of ketones is 1. The average molecular weight is 408 g/mol. The van der Waals surface area contributed by atoms with Gasteiger partial charge < -0.3 is 4.74 Å². The number of allylic oxidation sites excluding steroid dienone is 2. The molecule has 2 aliphatic rings. The molecule has 2 aromatic carbocycles. The van der Waals surface area contributed by atoms with Gasteiger partial charge in [0.2, 0.25) is 0 Å². The number of ether oxygens (including phenoxy) is 1. The first-order valence-electron chi connectivity index (χ1n) is 9.69. The molecule has 0 radical (unpaired) electrons. The number of nitrogens with zero attached hydrogens (tertiary/aromatic N) is 1. The lowest BCUT2D eigenvalue weighted by atomic mass is 9.69. The number of rotatable bonds is 3. The third-order valence-corrected chi connectivity index (χ3v) is 6.10. The summed E-state index contributed by atoms with van der Waals surface area (Å²) in [5, 5.41) is 0.609. The van der Waals surface area contributed by atoms with E-state index in [4.69, 9.17) is 21.3 Å². The minimum Gasteiger partial charge on any atom is -0.468 e. The Labute approximate surface area is 175 Å². The predicted octanol–water partition coefficient (Wildman–Crippen LogP) is 5.09. The van der Waals surface area contributed by atoms with Crippen LogP contribution in [-0.2, 0) is 14.3 Å². The highest BCUT2D eigenvalue weighted by Crippen LogP contribution is 2.46. The summed E-state index contributed by atoms with van der Waals surface area (Å²) >= 11 is 6.06. The number of halogens is 1. The van der Waals surface area contributed by atoms with E-state index in [9.17, 15) is 9.59 Å². The molecule has 0 spiro atoms. The second-order valence-corrected chi connectivity index (χ2v) is 8.02. The molecule has 0 fully saturated rings. The van der Waals surface area contributed by atoms with Crippen molar-refractivity contribution in [3.8, 4) is 0 Å². The second-order valence-electron chi connectivity index (χ2n) is 7.58. The molecule has 2 aromatic rings. The van der Waals surface area contributed by atoms with E-state index in [0.29, 0.717) is 29.1 Å². The first-order chi connectivity index (χ1) is 14.0. The fourth-order valence-electron chi connectivity index (χ4n) is 4.48. The van der Waals surface area contributed by atoms with Crippen molar-refractivity contribution in [2.45, 2.75) is 31.6 Å². The summed E-state index contributed by atoms with van der Waals surface area (Å²) in [4.78, 5) is 30.7. The minimum atomic E-state index is -0.614. The number of carbonyl (C=O) groups excluding carboxylic acids is 2. The van der Waals surface area contributed by atoms with Crippen molar-refractivity contribution in [2.75, 3.05) is 7.11 Å². The fourth-order valence-corrected chi connectivity index (χ4v) is 4.61. The Bertz CT molecular complexity index is 1010. The molecule has 1 heterocycles. The summed E-state index contributed by atoms with van der Waals surface area (Å²) in [7, 11) is 1.37. The summed E-state index contributed by atoms with van der Waals surface area (Å²) in [6.07, 6.45) is 1.09. The van der Waals surface area contributed by atoms with Gasteiger partial charge in [0.15, 0.2) is 5.78 Å². The van der Waals surface area contributed by atoms with Gasteiger partial charge in [0.1, 0.15) is 5.92 Å². The Morgan fingerprint density at radius 2 is 1.72 bits per heavy atom. The van der Waals surface area contributed by atoms with E-state index in [1.807, 2.05) is 37.3 Å². The zero-order chi connectivity index (χ0) is 20.5. The molecule has 0 saturated carbocycles. The molecule has 1 aliphatic heterocycles. The third-order valence-electron chi connectivity index (χ3n) is 5.84. The van der Waals surface area contributed by atoms with E-state index in [-0.39, 0.29) is 17.7 Å². The van der Waals surface area contributed by atoms with E-state index < -0.39 is 11.8 Å². The van der Waals surface area contributed by atoms with Gasteiger partial charge >= 0.3 is 5.97 Å². The van der Waals surface area contributed by atoms with Crippen molar-refractivity contribution in [3.05, 3.63) is 82.0 Å². The van der Waals surface area contributed by atoms with E-state index in [2.05, 4.69) is 12.1 Å². The largest absolute Gasteiger partial charge is 0.468 e. The zero-order valence-electron chi connectivity index (χ0n) is 16.4. The maximum atomic E-state index is 13.3. The highest BCUT2D eigenvalue weighted by Gasteiger charge is 2.44. The van der Waals surface area contributed by atoms with Gasteiger partial charge in [-0.3, -0.25) is 14.6 Å². The fraction of sp³-hybridized carbons (Fsp3) is 0.292. The topological polar surface area (TPSA) is 55.7 Å². The smallest absolute Gasteiger partial charge is 0.315 e. The molecule has 4 rings (SSSR count). The summed E-state index contributed by atoms with van der Waals surface area (Å²) in [6.45, 7) is 1.84. The monoisotopic (exact) mass is 407 g/mol. The molecular weight excluding hydrogens is 386 g/mol. The van der Waals surface area contributed by atoms with Crippen LogP contribution in [0.5, 0.6) is 0 Å². The lowest BCUT2D eigenvalue weighted by molar-refractivity contribution is -0.143. The molecule has 0 N–H and O–H groups in total. The second kappa shape index (κ2) is 7.96. The van der Waals surface area contributed by atoms with E-state index in [1.54, 1.807) is 12.1 Å². The van der Waals surface area contributed by atoms with Crippen LogP contribution in [-0.4, -0.2) is 24.6 Å². The van der Waals surface area contributed by atoms with E-state index >= 15 is 0 Å². The molecule has 0 amide bonds. The number of aliphatic imine (C=N–C) groups is 1. The number of methoxy groups -OCH3 is 1. The lowest BCUT2D eigenvalue weighted by Gasteiger charge is -2.36. The summed E-state index contributed by atoms with van der Waals surface area (Å²) in [5.41, 5.74) is 4.11. The minimum absolute atomic E-state index is 0.0465. The molecule has 29 heavy (non-hydrogen) atoms. The molecule has 148 valence electrons. The third kappa shape index (κ3) is 3.65. The maximum Gasteiger partial charge on any atom is 0.315 e. The number of esters is 1. The molecule has 5 heteroatoms. The Hall–Kier alpha value is -2.72. The molecular formula is C24H22ClNO3. The Balaban J connectivity index is 1.81. The number of hydrogen-bond donors (Lipinski definition) is 0. The van der Waals surface area contributed by atoms with Gasteiger partial charge in [0.25, 0.3) is 0 Å². The van der Waals surface area contributed by atoms with Gasteiger partial charge in [-0.25, -0.2) is 0 Å². The molecule has 3 atom stereocenters. The first-order valence-corrected chi connectivity index (χ1v) is 10.1. The highest BCUT2D eigenvalue weighted by molar-refractivity contribution is 6.30. The van der Waals surface area contributed by atoms with Crippen LogP contribution < -0.4 is 0 Å². The van der Waals surface area contributed by atoms with Gasteiger partial charge in [-0.1, -0.05) is 54.1 Å². The Kier molecular flexibility index (Phi) is 5.37. The zero-order valence-corrected chi connectivity index (χ0v) is 17.1. The van der Waals surface area contributed by atoms with E-state index in [1.165, 1.54) is 7.11 Å². The van der Waals surface area contributed by atoms with Gasteiger partial charge in [0, 0.05) is 34.3 Å². The standard InChI is InChI=1S/C24H22ClNO3/c1-14-21(24(28)29-2)22(16-8-10-18(25)11-9-16)23-19(26-14)12-17(13-20(23)27)15-6-4-3-5-7-15/h3-11,17,21-22H,12-13H2,1-2H3/t17-,21?,22-/m1/s1. The average Bonchev–Trinajstić information content (AvgIpc) is 2.73. The SMILES string of the molecule is COC(=O)C1C(C)=NC2=C(C(=O)C[C@H](c3ccccc3)C2)[C@@H]1c1ccc(Cl)cc1. The van der Waals surface area contributed by atoms with Gasteiger partial charge in [-0.05, 0) is 42.5 Å². The molecule has 4 nitrogen and oxygen atoms in total. The lowest BCUT2D eigenvalue weighted by Crippen LogP contribution is -2.37. The predicted molar refractivity (Wildman–Crippen MR) is 113 cm³/mol. The van der Waals surface area contributed by atoms with E-state index in [0.717, 1.165) is 16.8 Å². The van der Waals surface area contributed by atoms with Crippen LogP contribution in [0.4, 0.5) is 0 Å². The van der Waals surface area contributed by atoms with Crippen LogP contribution in [0.15, 0.2) is 70.9 Å². The summed E-state index contributed by atoms with van der Waals surface area (Å²) < 4.78 is 5.06. The number of Topliss-reactive ketones (excluding diaryl/α,β-unsaturated/α-hetero) is 1. The van der Waals surface area contributed by atoms with Crippen LogP contribution in [0, 0.1) is 5.92 Å². The number of benzene rings is 2. The molecule has 0 aromatic heterocycles. The Morgan fingerprint density at radius 1 is 1.03 bits per heavy atom. The summed E-state index contributed by atoms with van der Waals surface area (Å²) in [5.74, 6) is -1.26. The van der Waals surface area contributed by atoms with Crippen molar-refractivity contribution in [3.63, 3.8) is 0 Å². The van der Waals surface area contributed by atoms with Gasteiger partial charge in [0.05, 0.1) is 7.11 Å². The van der Waals surface area contributed by atoms with Crippen LogP contribution in [0.3, 0.4) is 0 Å². The summed E-state index contributed by atoms with van der Waals surface area (Å²) in [6, 6.07) is 17.4. The Morgan fingerprint density at radius 3 is 2.38 bits per heavy atom. The normalized spacial score (nSPS) is 24.0. The quantitative estimate of drug-likeness (QED) is 0.666. The highest BCUT2D eigenvalue weighted by atomic mass is 35.5. The van der Waals surface area contributed by atoms with Crippen molar-refractivity contribution < 1.29 is 14.3 Å². The van der Waals surface area contributed by atoms with Crippen molar-refractivity contribution in [2.24, 2.45) is 10.9 Å². The molecule has 1 aliphatic carbocycles. The molecule has 1 unspecified atom stereocenters. The number of hydrogen-bond acceptors (Lipinski definition) is 4. The maximum absolute atomic E-state index is 13.3. The van der Waals surface area contributed by atoms with Gasteiger partial charge in [-0.15, -0.1) is 0 Å². The van der Waals surface area contributed by atoms with Crippen LogP contribution in [0.25, 0.3) is 0 Å². The van der Waals surface area contributed by atoms with Crippen molar-refractivity contribution in [1.29, 1.82) is 0 Å². The molecule has 0 bridgehead atoms. The van der Waals surface area contributed by atoms with Crippen molar-refractivity contribution >= 4 is 29.1 Å². The first kappa shape index (κ1) is 19.6. The van der Waals surface area contributed by atoms with Crippen molar-refractivity contribution in [1.82, 2.24) is 0 Å². The van der Waals surface area contributed by atoms with Gasteiger partial charge in [-0.2, -0.15) is 0 Å². The van der Waals surface area contributed by atoms with Crippen LogP contribution >= 0.6 is 11.6 Å². The van der Waals surface area contributed by atoms with Crippen LogP contribution in [0.2, 0.25) is 5.02 Å². The molecule has 0 saturated heterocycles. The van der Waals surface area contributed by atoms with Crippen LogP contribution in [0.1, 0.15) is 42.7 Å².